The van der Waals surface area contributed by atoms with Crippen LogP contribution in [0.25, 0.3) is 6.08 Å². The zero-order valence-corrected chi connectivity index (χ0v) is 12.8. The van der Waals surface area contributed by atoms with Gasteiger partial charge in [0.25, 0.3) is 11.8 Å². The summed E-state index contributed by atoms with van der Waals surface area (Å²) < 4.78 is 0. The molecule has 8 nitrogen and oxygen atoms in total. The van der Waals surface area contributed by atoms with E-state index in [1.165, 1.54) is 31.6 Å². The number of benzene rings is 1. The van der Waals surface area contributed by atoms with Crippen LogP contribution < -0.4 is 16.2 Å². The highest BCUT2D eigenvalue weighted by molar-refractivity contribution is 5.96. The van der Waals surface area contributed by atoms with Crippen LogP contribution in [0.1, 0.15) is 23.0 Å². The first-order valence-electron chi connectivity index (χ1n) is 6.96. The number of carbonyl (C=O) groups is 3. The number of hydrogen-bond donors (Lipinski definition) is 3. The van der Waals surface area contributed by atoms with Gasteiger partial charge in [-0.15, -0.1) is 0 Å². The van der Waals surface area contributed by atoms with Crippen molar-refractivity contribution in [2.24, 2.45) is 0 Å². The highest BCUT2D eigenvalue weighted by atomic mass is 16.2. The predicted molar refractivity (Wildman–Crippen MR) is 87.4 cm³/mol. The summed E-state index contributed by atoms with van der Waals surface area (Å²) in [6.07, 6.45) is 6.94. The fourth-order valence-corrected chi connectivity index (χ4v) is 1.69. The highest BCUT2D eigenvalue weighted by Gasteiger charge is 2.06. The standard InChI is InChI=1S/C16H15N5O3/c1-11(22)19-13-5-2-12(3-6-13)4-7-15(23)20-21-16(24)14-10-17-8-9-18-14/h2-10H,1H3,(H,19,22)(H,20,23)(H,21,24)/b7-4+. The van der Waals surface area contributed by atoms with E-state index in [1.54, 1.807) is 30.3 Å². The molecule has 24 heavy (non-hydrogen) atoms. The minimum Gasteiger partial charge on any atom is -0.326 e. The molecular formula is C16H15N5O3. The molecule has 0 atom stereocenters. The van der Waals surface area contributed by atoms with Gasteiger partial charge in [-0.25, -0.2) is 4.98 Å². The molecule has 2 aromatic rings. The van der Waals surface area contributed by atoms with E-state index in [9.17, 15) is 14.4 Å². The normalized spacial score (nSPS) is 10.2. The molecule has 1 aromatic heterocycles. The Bertz CT molecular complexity index is 757. The van der Waals surface area contributed by atoms with Crippen LogP contribution in [0.2, 0.25) is 0 Å². The molecule has 0 spiro atoms. The minimum atomic E-state index is -0.565. The maximum atomic E-state index is 11.7. The van der Waals surface area contributed by atoms with Gasteiger partial charge in [0, 0.05) is 31.1 Å². The second kappa shape index (κ2) is 8.18. The van der Waals surface area contributed by atoms with Crippen LogP contribution in [0.3, 0.4) is 0 Å². The summed E-state index contributed by atoms with van der Waals surface area (Å²) in [7, 11) is 0. The van der Waals surface area contributed by atoms with Crippen molar-refractivity contribution in [3.8, 4) is 0 Å². The Morgan fingerprint density at radius 1 is 1.04 bits per heavy atom. The number of carbonyl (C=O) groups excluding carboxylic acids is 3. The van der Waals surface area contributed by atoms with Gasteiger partial charge in [-0.05, 0) is 23.8 Å². The SMILES string of the molecule is CC(=O)Nc1ccc(/C=C/C(=O)NNC(=O)c2cnccn2)cc1. The van der Waals surface area contributed by atoms with Crippen LogP contribution in [0.5, 0.6) is 0 Å². The topological polar surface area (TPSA) is 113 Å². The van der Waals surface area contributed by atoms with Gasteiger partial charge in [0.2, 0.25) is 5.91 Å². The average molecular weight is 325 g/mol. The number of nitrogens with one attached hydrogen (secondary N) is 3. The Morgan fingerprint density at radius 3 is 2.42 bits per heavy atom. The van der Waals surface area contributed by atoms with E-state index >= 15 is 0 Å². The van der Waals surface area contributed by atoms with E-state index in [2.05, 4.69) is 26.1 Å². The van der Waals surface area contributed by atoms with Crippen LogP contribution in [0.15, 0.2) is 48.9 Å². The van der Waals surface area contributed by atoms with Crippen molar-refractivity contribution in [3.05, 3.63) is 60.2 Å². The van der Waals surface area contributed by atoms with Crippen molar-refractivity contribution < 1.29 is 14.4 Å². The highest BCUT2D eigenvalue weighted by Crippen LogP contribution is 2.10. The fraction of sp³-hybridized carbons (Fsp3) is 0.0625. The van der Waals surface area contributed by atoms with Crippen LogP contribution in [-0.2, 0) is 9.59 Å². The molecule has 0 aliphatic rings. The van der Waals surface area contributed by atoms with Crippen molar-refractivity contribution in [2.75, 3.05) is 5.32 Å². The Kier molecular flexibility index (Phi) is 5.73. The number of aromatic nitrogens is 2. The third-order valence-corrected chi connectivity index (χ3v) is 2.75. The minimum absolute atomic E-state index is 0.0929. The quantitative estimate of drug-likeness (QED) is 0.571. The summed E-state index contributed by atoms with van der Waals surface area (Å²) in [5.74, 6) is -1.22. The molecule has 3 amide bonds. The van der Waals surface area contributed by atoms with Crippen LogP contribution in [0, 0.1) is 0 Å². The first-order chi connectivity index (χ1) is 11.5. The number of rotatable bonds is 4. The third kappa shape index (κ3) is 5.34. The molecule has 8 heteroatoms. The van der Waals surface area contributed by atoms with Crippen molar-refractivity contribution >= 4 is 29.5 Å². The lowest BCUT2D eigenvalue weighted by atomic mass is 10.2. The number of hydrazine groups is 1. The average Bonchev–Trinajstić information content (AvgIpc) is 2.59. The first kappa shape index (κ1) is 16.8. The maximum absolute atomic E-state index is 11.7. The summed E-state index contributed by atoms with van der Waals surface area (Å²) in [5, 5.41) is 2.64. The molecule has 122 valence electrons. The molecule has 0 radical (unpaired) electrons. The van der Waals surface area contributed by atoms with Gasteiger partial charge in [0.1, 0.15) is 5.69 Å². The largest absolute Gasteiger partial charge is 0.326 e. The molecule has 0 fully saturated rings. The molecule has 0 saturated heterocycles. The number of hydrogen-bond acceptors (Lipinski definition) is 5. The predicted octanol–water partition coefficient (Wildman–Crippen LogP) is 0.909. The van der Waals surface area contributed by atoms with Gasteiger partial charge in [-0.2, -0.15) is 0 Å². The molecule has 0 unspecified atom stereocenters. The summed E-state index contributed by atoms with van der Waals surface area (Å²) in [5.41, 5.74) is 5.99. The summed E-state index contributed by atoms with van der Waals surface area (Å²) >= 11 is 0. The Hall–Kier alpha value is -3.55. The van der Waals surface area contributed by atoms with Gasteiger partial charge in [-0.1, -0.05) is 12.1 Å². The molecule has 2 rings (SSSR count). The molecular weight excluding hydrogens is 310 g/mol. The third-order valence-electron chi connectivity index (χ3n) is 2.75. The van der Waals surface area contributed by atoms with Crippen molar-refractivity contribution in [1.29, 1.82) is 0 Å². The second-order valence-electron chi connectivity index (χ2n) is 4.67. The Labute approximate surface area is 138 Å². The summed E-state index contributed by atoms with van der Waals surface area (Å²) in [6, 6.07) is 6.92. The zero-order chi connectivity index (χ0) is 17.4. The van der Waals surface area contributed by atoms with E-state index in [0.717, 1.165) is 5.56 Å². The van der Waals surface area contributed by atoms with Gasteiger partial charge >= 0.3 is 0 Å². The van der Waals surface area contributed by atoms with Gasteiger partial charge in [0.15, 0.2) is 0 Å². The smallest absolute Gasteiger partial charge is 0.289 e. The lowest BCUT2D eigenvalue weighted by Gasteiger charge is -2.04. The van der Waals surface area contributed by atoms with Crippen LogP contribution in [-0.4, -0.2) is 27.7 Å². The van der Waals surface area contributed by atoms with Gasteiger partial charge < -0.3 is 5.32 Å². The van der Waals surface area contributed by atoms with Crippen LogP contribution >= 0.6 is 0 Å². The molecule has 1 aromatic carbocycles. The molecule has 0 saturated carbocycles. The fourth-order valence-electron chi connectivity index (χ4n) is 1.69. The molecule has 0 aliphatic carbocycles. The van der Waals surface area contributed by atoms with E-state index in [0.29, 0.717) is 5.69 Å². The lowest BCUT2D eigenvalue weighted by Crippen LogP contribution is -2.41. The molecule has 0 bridgehead atoms. The van der Waals surface area contributed by atoms with E-state index < -0.39 is 11.8 Å². The number of anilines is 1. The van der Waals surface area contributed by atoms with E-state index in [1.807, 2.05) is 0 Å². The number of nitrogens with zero attached hydrogens (tertiary/aromatic N) is 2. The Balaban J connectivity index is 1.84. The zero-order valence-electron chi connectivity index (χ0n) is 12.8. The van der Waals surface area contributed by atoms with Crippen molar-refractivity contribution in [3.63, 3.8) is 0 Å². The van der Waals surface area contributed by atoms with E-state index in [-0.39, 0.29) is 11.6 Å². The maximum Gasteiger partial charge on any atom is 0.289 e. The monoisotopic (exact) mass is 325 g/mol. The molecule has 3 N–H and O–H groups in total. The van der Waals surface area contributed by atoms with Gasteiger partial charge in [0.05, 0.1) is 6.20 Å². The molecule has 0 aliphatic heterocycles. The molecule has 1 heterocycles. The Morgan fingerprint density at radius 2 is 1.79 bits per heavy atom. The van der Waals surface area contributed by atoms with Crippen molar-refractivity contribution in [2.45, 2.75) is 6.92 Å². The lowest BCUT2D eigenvalue weighted by molar-refractivity contribution is -0.117. The number of amides is 3. The van der Waals surface area contributed by atoms with E-state index in [4.69, 9.17) is 0 Å². The van der Waals surface area contributed by atoms with Crippen LogP contribution in [0.4, 0.5) is 5.69 Å². The van der Waals surface area contributed by atoms with Crippen molar-refractivity contribution in [1.82, 2.24) is 20.8 Å². The second-order valence-corrected chi connectivity index (χ2v) is 4.67. The summed E-state index contributed by atoms with van der Waals surface area (Å²) in [4.78, 5) is 41.8. The first-order valence-corrected chi connectivity index (χ1v) is 6.96. The summed E-state index contributed by atoms with van der Waals surface area (Å²) in [6.45, 7) is 1.42. The van der Waals surface area contributed by atoms with Gasteiger partial charge in [-0.3, -0.25) is 30.2 Å².